The smallest absolute Gasteiger partial charge is 0.333 e. The van der Waals surface area contributed by atoms with E-state index in [1.807, 2.05) is 0 Å². The van der Waals surface area contributed by atoms with Crippen molar-refractivity contribution in [1.29, 1.82) is 0 Å². The van der Waals surface area contributed by atoms with Crippen molar-refractivity contribution < 1.29 is 19.1 Å². The summed E-state index contributed by atoms with van der Waals surface area (Å²) in [6.07, 6.45) is 4.47. The van der Waals surface area contributed by atoms with Gasteiger partial charge < -0.3 is 9.47 Å². The molecular formula is C17H24O4. The Bertz CT molecular complexity index is 447. The van der Waals surface area contributed by atoms with Crippen molar-refractivity contribution >= 4 is 11.9 Å². The number of hydrogen-bond acceptors (Lipinski definition) is 4. The number of rotatable bonds is 6. The first-order valence-electron chi connectivity index (χ1n) is 7.49. The third kappa shape index (κ3) is 3.36. The molecule has 0 N–H and O–H groups in total. The Morgan fingerprint density at radius 3 is 1.90 bits per heavy atom. The summed E-state index contributed by atoms with van der Waals surface area (Å²) >= 11 is 0. The fourth-order valence-corrected chi connectivity index (χ4v) is 3.62. The average Bonchev–Trinajstić information content (AvgIpc) is 3.02. The monoisotopic (exact) mass is 292 g/mol. The molecule has 0 aromatic carbocycles. The summed E-state index contributed by atoms with van der Waals surface area (Å²) < 4.78 is 10.8. The second kappa shape index (κ2) is 6.04. The van der Waals surface area contributed by atoms with Gasteiger partial charge in [-0.3, -0.25) is 0 Å². The molecule has 0 amide bonds. The van der Waals surface area contributed by atoms with Gasteiger partial charge in [-0.25, -0.2) is 9.59 Å². The zero-order chi connectivity index (χ0) is 15.6. The third-order valence-corrected chi connectivity index (χ3v) is 4.78. The molecule has 2 bridgehead atoms. The molecule has 2 atom stereocenters. The quantitative estimate of drug-likeness (QED) is 0.558. The SMILES string of the molecule is C=C(C)C(=O)OCC1(COC(=O)C(=C)C)CC2CCC1C2. The van der Waals surface area contributed by atoms with Crippen molar-refractivity contribution in [2.24, 2.45) is 17.3 Å². The lowest BCUT2D eigenvalue weighted by atomic mass is 9.74. The molecule has 2 aliphatic carbocycles. The maximum Gasteiger partial charge on any atom is 0.333 e. The molecule has 2 fully saturated rings. The fraction of sp³-hybridized carbons (Fsp3) is 0.647. The molecule has 2 unspecified atom stereocenters. The van der Waals surface area contributed by atoms with Crippen molar-refractivity contribution in [3.63, 3.8) is 0 Å². The van der Waals surface area contributed by atoms with E-state index in [0.29, 0.717) is 36.2 Å². The highest BCUT2D eigenvalue weighted by molar-refractivity contribution is 5.87. The van der Waals surface area contributed by atoms with Gasteiger partial charge in [0.05, 0.1) is 0 Å². The van der Waals surface area contributed by atoms with E-state index in [1.165, 1.54) is 6.42 Å². The molecule has 4 heteroatoms. The Labute approximate surface area is 126 Å². The maximum absolute atomic E-state index is 11.7. The minimum Gasteiger partial charge on any atom is -0.462 e. The van der Waals surface area contributed by atoms with Gasteiger partial charge in [0.25, 0.3) is 0 Å². The van der Waals surface area contributed by atoms with Crippen molar-refractivity contribution in [2.75, 3.05) is 13.2 Å². The fourth-order valence-electron chi connectivity index (χ4n) is 3.62. The topological polar surface area (TPSA) is 52.6 Å². The van der Waals surface area contributed by atoms with Crippen LogP contribution in [0.25, 0.3) is 0 Å². The minimum atomic E-state index is -0.372. The summed E-state index contributed by atoms with van der Waals surface area (Å²) in [5, 5.41) is 0. The van der Waals surface area contributed by atoms with Gasteiger partial charge >= 0.3 is 11.9 Å². The van der Waals surface area contributed by atoms with Crippen molar-refractivity contribution in [3.05, 3.63) is 24.3 Å². The van der Waals surface area contributed by atoms with Gasteiger partial charge in [-0.1, -0.05) is 19.6 Å². The highest BCUT2D eigenvalue weighted by Crippen LogP contribution is 2.56. The molecule has 21 heavy (non-hydrogen) atoms. The van der Waals surface area contributed by atoms with Crippen molar-refractivity contribution in [3.8, 4) is 0 Å². The number of hydrogen-bond donors (Lipinski definition) is 0. The van der Waals surface area contributed by atoms with Gasteiger partial charge in [-0.05, 0) is 44.9 Å². The van der Waals surface area contributed by atoms with Gasteiger partial charge in [-0.15, -0.1) is 0 Å². The predicted molar refractivity (Wildman–Crippen MR) is 79.4 cm³/mol. The largest absolute Gasteiger partial charge is 0.462 e. The Balaban J connectivity index is 2.02. The van der Waals surface area contributed by atoms with Crippen LogP contribution in [0.4, 0.5) is 0 Å². The summed E-state index contributed by atoms with van der Waals surface area (Å²) in [7, 11) is 0. The van der Waals surface area contributed by atoms with Gasteiger partial charge in [0, 0.05) is 16.6 Å². The molecule has 0 aromatic heterocycles. The summed E-state index contributed by atoms with van der Waals surface area (Å²) in [5.74, 6) is 0.396. The Kier molecular flexibility index (Phi) is 4.55. The van der Waals surface area contributed by atoms with Crippen LogP contribution in [-0.4, -0.2) is 25.2 Å². The first-order chi connectivity index (χ1) is 9.84. The lowest BCUT2D eigenvalue weighted by molar-refractivity contribution is -0.152. The molecule has 0 saturated heterocycles. The number of esters is 2. The van der Waals surface area contributed by atoms with Crippen LogP contribution in [-0.2, 0) is 19.1 Å². The zero-order valence-corrected chi connectivity index (χ0v) is 12.9. The molecule has 0 aliphatic heterocycles. The zero-order valence-electron chi connectivity index (χ0n) is 12.9. The Hall–Kier alpha value is -1.58. The van der Waals surface area contributed by atoms with Gasteiger partial charge in [0.1, 0.15) is 13.2 Å². The highest BCUT2D eigenvalue weighted by atomic mass is 16.5. The number of fused-ring (bicyclic) bond motifs is 2. The first kappa shape index (κ1) is 15.8. The molecule has 2 saturated carbocycles. The van der Waals surface area contributed by atoms with Gasteiger partial charge in [0.15, 0.2) is 0 Å². The van der Waals surface area contributed by atoms with Gasteiger partial charge in [-0.2, -0.15) is 0 Å². The van der Waals surface area contributed by atoms with Crippen LogP contribution in [0.15, 0.2) is 24.3 Å². The molecular weight excluding hydrogens is 268 g/mol. The van der Waals surface area contributed by atoms with Crippen LogP contribution < -0.4 is 0 Å². The summed E-state index contributed by atoms with van der Waals surface area (Å²) in [5.41, 5.74) is 0.568. The average molecular weight is 292 g/mol. The molecule has 0 radical (unpaired) electrons. The summed E-state index contributed by atoms with van der Waals surface area (Å²) in [6, 6.07) is 0. The van der Waals surface area contributed by atoms with Crippen LogP contribution >= 0.6 is 0 Å². The van der Waals surface area contributed by atoms with E-state index in [9.17, 15) is 9.59 Å². The molecule has 0 spiro atoms. The molecule has 116 valence electrons. The molecule has 0 heterocycles. The lowest BCUT2D eigenvalue weighted by Gasteiger charge is -2.36. The van der Waals surface area contributed by atoms with E-state index in [0.717, 1.165) is 19.3 Å². The van der Waals surface area contributed by atoms with Crippen LogP contribution in [0.5, 0.6) is 0 Å². The van der Waals surface area contributed by atoms with Crippen LogP contribution in [0, 0.1) is 17.3 Å². The lowest BCUT2D eigenvalue weighted by Crippen LogP contribution is -2.39. The van der Waals surface area contributed by atoms with Crippen molar-refractivity contribution in [2.45, 2.75) is 39.5 Å². The van der Waals surface area contributed by atoms with E-state index < -0.39 is 0 Å². The van der Waals surface area contributed by atoms with E-state index in [-0.39, 0.29) is 17.4 Å². The molecule has 4 nitrogen and oxygen atoms in total. The second-order valence-electron chi connectivity index (χ2n) is 6.66. The number of ether oxygens (including phenoxy) is 2. The van der Waals surface area contributed by atoms with Crippen LogP contribution in [0.3, 0.4) is 0 Å². The minimum absolute atomic E-state index is 0.223. The van der Waals surface area contributed by atoms with Crippen molar-refractivity contribution in [1.82, 2.24) is 0 Å². The Morgan fingerprint density at radius 1 is 1.05 bits per heavy atom. The number of carbonyl (C=O) groups excluding carboxylic acids is 2. The van der Waals surface area contributed by atoms with E-state index in [4.69, 9.17) is 9.47 Å². The standard InChI is InChI=1S/C17H24O4/c1-11(2)15(18)20-9-17(10-21-16(19)12(3)4)8-13-5-6-14(17)7-13/h13-14H,1,3,5-10H2,2,4H3. The molecule has 0 aromatic rings. The predicted octanol–water partition coefficient (Wildman–Crippen LogP) is 3.03. The summed E-state index contributed by atoms with van der Waals surface area (Å²) in [4.78, 5) is 23.3. The summed E-state index contributed by atoms with van der Waals surface area (Å²) in [6.45, 7) is 11.1. The number of carbonyl (C=O) groups is 2. The Morgan fingerprint density at radius 2 is 1.57 bits per heavy atom. The third-order valence-electron chi connectivity index (χ3n) is 4.78. The normalized spacial score (nSPS) is 25.4. The van der Waals surface area contributed by atoms with E-state index in [1.54, 1.807) is 13.8 Å². The first-order valence-corrected chi connectivity index (χ1v) is 7.49. The molecule has 2 aliphatic rings. The molecule has 2 rings (SSSR count). The van der Waals surface area contributed by atoms with E-state index >= 15 is 0 Å². The highest BCUT2D eigenvalue weighted by Gasteiger charge is 2.52. The van der Waals surface area contributed by atoms with Crippen LogP contribution in [0.2, 0.25) is 0 Å². The second-order valence-corrected chi connectivity index (χ2v) is 6.66. The maximum atomic E-state index is 11.7. The van der Waals surface area contributed by atoms with Crippen LogP contribution in [0.1, 0.15) is 39.5 Å². The van der Waals surface area contributed by atoms with E-state index in [2.05, 4.69) is 13.2 Å². The van der Waals surface area contributed by atoms with Gasteiger partial charge in [0.2, 0.25) is 0 Å².